The SMILES string of the molecule is Cn1cc(-n2ncc3cc(N4C(=O)C[C@H](N)[C@H]4c4ccccc4)ccc32)ccc1=O. The van der Waals surface area contributed by atoms with Crippen LogP contribution in [0.2, 0.25) is 0 Å². The summed E-state index contributed by atoms with van der Waals surface area (Å²) in [5.41, 5.74) is 9.78. The van der Waals surface area contributed by atoms with Crippen molar-refractivity contribution in [1.82, 2.24) is 14.3 Å². The topological polar surface area (TPSA) is 86.2 Å². The fourth-order valence-electron chi connectivity index (χ4n) is 4.19. The number of benzene rings is 2. The maximum atomic E-state index is 12.8. The Bertz CT molecular complexity index is 1310. The third-order valence-corrected chi connectivity index (χ3v) is 5.65. The van der Waals surface area contributed by atoms with Crippen LogP contribution in [0.3, 0.4) is 0 Å². The van der Waals surface area contributed by atoms with Gasteiger partial charge in [0.05, 0.1) is 23.4 Å². The molecule has 5 rings (SSSR count). The lowest BCUT2D eigenvalue weighted by atomic mass is 10.0. The fraction of sp³-hybridized carbons (Fsp3) is 0.174. The van der Waals surface area contributed by atoms with Crippen LogP contribution in [0.15, 0.2) is 77.9 Å². The molecule has 0 aliphatic carbocycles. The van der Waals surface area contributed by atoms with Gasteiger partial charge in [0.25, 0.3) is 0 Å². The van der Waals surface area contributed by atoms with Gasteiger partial charge in [-0.15, -0.1) is 0 Å². The number of amides is 1. The van der Waals surface area contributed by atoms with E-state index >= 15 is 0 Å². The standard InChI is InChI=1S/C23H21N5O2/c1-26-14-18(8-10-21(26)29)28-20-9-7-17(11-16(20)13-25-28)27-22(30)12-19(24)23(27)15-5-3-2-4-6-15/h2-11,13-14,19,23H,12,24H2,1H3/t19-,23+/m0/s1. The van der Waals surface area contributed by atoms with Crippen molar-refractivity contribution < 1.29 is 4.79 Å². The quantitative estimate of drug-likeness (QED) is 0.574. The second-order valence-corrected chi connectivity index (χ2v) is 7.62. The van der Waals surface area contributed by atoms with Crippen molar-refractivity contribution in [2.75, 3.05) is 4.90 Å². The van der Waals surface area contributed by atoms with E-state index in [1.807, 2.05) is 48.5 Å². The van der Waals surface area contributed by atoms with Crippen LogP contribution < -0.4 is 16.2 Å². The van der Waals surface area contributed by atoms with Gasteiger partial charge >= 0.3 is 0 Å². The molecule has 3 heterocycles. The van der Waals surface area contributed by atoms with Gasteiger partial charge in [-0.05, 0) is 29.8 Å². The molecule has 2 aromatic carbocycles. The summed E-state index contributed by atoms with van der Waals surface area (Å²) in [6.07, 6.45) is 3.83. The molecule has 2 atom stereocenters. The second kappa shape index (κ2) is 6.96. The molecule has 1 aliphatic rings. The molecule has 2 N–H and O–H groups in total. The normalized spacial score (nSPS) is 19.0. The van der Waals surface area contributed by atoms with E-state index in [-0.39, 0.29) is 23.6 Å². The van der Waals surface area contributed by atoms with E-state index in [1.54, 1.807) is 35.1 Å². The van der Waals surface area contributed by atoms with Gasteiger partial charge in [0, 0.05) is 42.8 Å². The number of aryl methyl sites for hydroxylation is 1. The Morgan fingerprint density at radius 1 is 1.00 bits per heavy atom. The molecule has 0 unspecified atom stereocenters. The Hall–Kier alpha value is -3.71. The number of nitrogens with two attached hydrogens (primary N) is 1. The highest BCUT2D eigenvalue weighted by Gasteiger charge is 2.39. The highest BCUT2D eigenvalue weighted by molar-refractivity contribution is 5.99. The number of hydrogen-bond acceptors (Lipinski definition) is 4. The average molecular weight is 399 g/mol. The third-order valence-electron chi connectivity index (χ3n) is 5.65. The summed E-state index contributed by atoms with van der Waals surface area (Å²) in [6, 6.07) is 18.5. The van der Waals surface area contributed by atoms with Gasteiger partial charge in [-0.1, -0.05) is 30.3 Å². The van der Waals surface area contributed by atoms with Crippen molar-refractivity contribution in [3.8, 4) is 5.69 Å². The molecule has 30 heavy (non-hydrogen) atoms. The van der Waals surface area contributed by atoms with Crippen molar-refractivity contribution in [2.24, 2.45) is 12.8 Å². The summed E-state index contributed by atoms with van der Waals surface area (Å²) >= 11 is 0. The van der Waals surface area contributed by atoms with E-state index in [2.05, 4.69) is 5.10 Å². The third kappa shape index (κ3) is 2.91. The van der Waals surface area contributed by atoms with Crippen LogP contribution in [-0.4, -0.2) is 26.3 Å². The van der Waals surface area contributed by atoms with E-state index in [0.29, 0.717) is 6.42 Å². The Labute approximate surface area is 173 Å². The molecule has 0 bridgehead atoms. The summed E-state index contributed by atoms with van der Waals surface area (Å²) < 4.78 is 3.30. The lowest BCUT2D eigenvalue weighted by Gasteiger charge is -2.27. The molecule has 1 saturated heterocycles. The van der Waals surface area contributed by atoms with Gasteiger partial charge in [-0.2, -0.15) is 5.10 Å². The number of aromatic nitrogens is 3. The van der Waals surface area contributed by atoms with Gasteiger partial charge in [0.2, 0.25) is 11.5 Å². The predicted octanol–water partition coefficient (Wildman–Crippen LogP) is 2.53. The number of rotatable bonds is 3. The molecule has 2 aromatic heterocycles. The summed E-state index contributed by atoms with van der Waals surface area (Å²) in [6.45, 7) is 0. The number of nitrogens with zero attached hydrogens (tertiary/aromatic N) is 4. The maximum Gasteiger partial charge on any atom is 0.250 e. The van der Waals surface area contributed by atoms with Crippen LogP contribution in [0.1, 0.15) is 18.0 Å². The van der Waals surface area contributed by atoms with Crippen molar-refractivity contribution in [3.05, 3.63) is 89.0 Å². The number of carbonyl (C=O) groups is 1. The molecular weight excluding hydrogens is 378 g/mol. The minimum Gasteiger partial charge on any atom is -0.325 e. The minimum atomic E-state index is -0.260. The first-order chi connectivity index (χ1) is 14.5. The lowest BCUT2D eigenvalue weighted by molar-refractivity contribution is -0.117. The largest absolute Gasteiger partial charge is 0.325 e. The number of hydrogen-bond donors (Lipinski definition) is 1. The zero-order valence-electron chi connectivity index (χ0n) is 16.5. The van der Waals surface area contributed by atoms with Gasteiger partial charge in [0.1, 0.15) is 0 Å². The highest BCUT2D eigenvalue weighted by Crippen LogP contribution is 2.37. The number of carbonyl (C=O) groups excluding carboxylic acids is 1. The van der Waals surface area contributed by atoms with Crippen molar-refractivity contribution in [1.29, 1.82) is 0 Å². The summed E-state index contributed by atoms with van der Waals surface area (Å²) in [5, 5.41) is 5.39. The van der Waals surface area contributed by atoms with Crippen LogP contribution in [0.25, 0.3) is 16.6 Å². The monoisotopic (exact) mass is 399 g/mol. The zero-order chi connectivity index (χ0) is 20.8. The van der Waals surface area contributed by atoms with Crippen LogP contribution in [0.5, 0.6) is 0 Å². The van der Waals surface area contributed by atoms with E-state index in [4.69, 9.17) is 5.73 Å². The average Bonchev–Trinajstić information content (AvgIpc) is 3.30. The Morgan fingerprint density at radius 2 is 1.77 bits per heavy atom. The zero-order valence-corrected chi connectivity index (χ0v) is 16.5. The first kappa shape index (κ1) is 18.3. The number of pyridine rings is 1. The van der Waals surface area contributed by atoms with Crippen molar-refractivity contribution in [2.45, 2.75) is 18.5 Å². The Morgan fingerprint density at radius 3 is 2.53 bits per heavy atom. The van der Waals surface area contributed by atoms with Crippen molar-refractivity contribution in [3.63, 3.8) is 0 Å². The van der Waals surface area contributed by atoms with Gasteiger partial charge in [-0.3, -0.25) is 9.59 Å². The van der Waals surface area contributed by atoms with Crippen LogP contribution >= 0.6 is 0 Å². The molecule has 7 heteroatoms. The Balaban J connectivity index is 1.57. The molecule has 7 nitrogen and oxygen atoms in total. The maximum absolute atomic E-state index is 12.8. The second-order valence-electron chi connectivity index (χ2n) is 7.62. The molecule has 1 fully saturated rings. The molecule has 150 valence electrons. The predicted molar refractivity (Wildman–Crippen MR) is 116 cm³/mol. The molecular formula is C23H21N5O2. The van der Waals surface area contributed by atoms with Gasteiger partial charge in [-0.25, -0.2) is 4.68 Å². The van der Waals surface area contributed by atoms with E-state index in [1.165, 1.54) is 10.6 Å². The van der Waals surface area contributed by atoms with Crippen LogP contribution in [0, 0.1) is 0 Å². The lowest BCUT2D eigenvalue weighted by Crippen LogP contribution is -2.33. The molecule has 1 aliphatic heterocycles. The molecule has 0 saturated carbocycles. The minimum absolute atomic E-state index is 0.0150. The van der Waals surface area contributed by atoms with Gasteiger partial charge < -0.3 is 15.2 Å². The number of fused-ring (bicyclic) bond motifs is 1. The molecule has 1 amide bonds. The summed E-state index contributed by atoms with van der Waals surface area (Å²) in [7, 11) is 1.71. The first-order valence-corrected chi connectivity index (χ1v) is 9.80. The summed E-state index contributed by atoms with van der Waals surface area (Å²) in [4.78, 5) is 26.3. The van der Waals surface area contributed by atoms with E-state index < -0.39 is 0 Å². The van der Waals surface area contributed by atoms with Crippen LogP contribution in [0.4, 0.5) is 5.69 Å². The van der Waals surface area contributed by atoms with E-state index in [9.17, 15) is 9.59 Å². The molecule has 0 spiro atoms. The molecule has 0 radical (unpaired) electrons. The van der Waals surface area contributed by atoms with E-state index in [0.717, 1.165) is 27.8 Å². The van der Waals surface area contributed by atoms with Gasteiger partial charge in [0.15, 0.2) is 0 Å². The fourth-order valence-corrected chi connectivity index (χ4v) is 4.19. The summed E-state index contributed by atoms with van der Waals surface area (Å²) in [5.74, 6) is 0.0150. The first-order valence-electron chi connectivity index (χ1n) is 9.80. The Kier molecular flexibility index (Phi) is 4.25. The highest BCUT2D eigenvalue weighted by atomic mass is 16.2. The smallest absolute Gasteiger partial charge is 0.250 e. The van der Waals surface area contributed by atoms with Crippen LogP contribution in [-0.2, 0) is 11.8 Å². The molecule has 4 aromatic rings. The number of anilines is 1. The van der Waals surface area contributed by atoms with Crippen molar-refractivity contribution >= 4 is 22.5 Å².